The van der Waals surface area contributed by atoms with Crippen LogP contribution in [0.4, 0.5) is 5.82 Å². The number of amides is 1. The zero-order valence-electron chi connectivity index (χ0n) is 17.8. The molecular weight excluding hydrogens is 470 g/mol. The van der Waals surface area contributed by atoms with Crippen molar-refractivity contribution < 1.29 is 11.3 Å². The first-order chi connectivity index (χ1) is 14.6. The van der Waals surface area contributed by atoms with Crippen molar-refractivity contribution in [3.63, 3.8) is 0 Å². The third kappa shape index (κ3) is 5.19. The second-order valence-electron chi connectivity index (χ2n) is 7.06. The number of hydrogen-bond donors (Lipinski definition) is 4. The maximum absolute atomic E-state index is 12.8. The van der Waals surface area contributed by atoms with Gasteiger partial charge in [0.1, 0.15) is 16.1 Å². The van der Waals surface area contributed by atoms with Gasteiger partial charge in [-0.05, 0) is 66.0 Å². The normalized spacial score (nSPS) is 12.9. The van der Waals surface area contributed by atoms with Gasteiger partial charge < -0.3 is 20.7 Å². The molecule has 0 aromatic carbocycles. The number of aromatic nitrogens is 3. The zero-order chi connectivity index (χ0) is 22.8. The SMILES string of the molecule is [2H]C(C)(C)Nc1cc(-c2c[nH]c(C(=O)N[C@H](CO)c3cnc(Br)c(C)c3)c2)c(Cl)cn1. The molecule has 0 saturated carbocycles. The van der Waals surface area contributed by atoms with E-state index in [0.717, 1.165) is 5.56 Å². The highest BCUT2D eigenvalue weighted by atomic mass is 79.9. The highest BCUT2D eigenvalue weighted by Crippen LogP contribution is 2.30. The van der Waals surface area contributed by atoms with Gasteiger partial charge in [0.25, 0.3) is 5.91 Å². The number of hydrogen-bond acceptors (Lipinski definition) is 5. The van der Waals surface area contributed by atoms with Crippen LogP contribution in [0.25, 0.3) is 11.1 Å². The van der Waals surface area contributed by atoms with Gasteiger partial charge in [-0.2, -0.15) is 0 Å². The molecule has 1 amide bonds. The molecule has 3 rings (SSSR count). The van der Waals surface area contributed by atoms with Gasteiger partial charge in [-0.15, -0.1) is 0 Å². The molecule has 0 spiro atoms. The second kappa shape index (κ2) is 9.59. The van der Waals surface area contributed by atoms with E-state index in [1.54, 1.807) is 38.4 Å². The fourth-order valence-electron chi connectivity index (χ4n) is 2.91. The van der Waals surface area contributed by atoms with Gasteiger partial charge in [0, 0.05) is 35.7 Å². The Bertz CT molecular complexity index is 1100. The van der Waals surface area contributed by atoms with Crippen molar-refractivity contribution >= 4 is 39.3 Å². The molecule has 3 heterocycles. The van der Waals surface area contributed by atoms with E-state index < -0.39 is 12.1 Å². The molecule has 0 aliphatic rings. The van der Waals surface area contributed by atoms with Crippen molar-refractivity contribution in [1.82, 2.24) is 20.3 Å². The summed E-state index contributed by atoms with van der Waals surface area (Å²) in [7, 11) is 0. The summed E-state index contributed by atoms with van der Waals surface area (Å²) >= 11 is 9.65. The number of H-pyrrole nitrogens is 1. The summed E-state index contributed by atoms with van der Waals surface area (Å²) in [6.45, 7) is 5.04. The minimum Gasteiger partial charge on any atom is -0.394 e. The number of halogens is 2. The standard InChI is InChI=1S/C21H23BrClN5O2/c1-11(2)27-19-6-15(16(23)9-25-19)13-5-17(24-7-13)21(30)28-18(10-29)14-4-12(3)20(22)26-8-14/h4-9,11,18,24,29H,10H2,1-3H3,(H,25,27)(H,28,30)/t18-/m1/s1/i11D. The number of aliphatic hydroxyl groups is 1. The molecule has 0 saturated heterocycles. The molecule has 3 aromatic rings. The number of rotatable bonds is 7. The molecule has 0 unspecified atom stereocenters. The Morgan fingerprint density at radius 1 is 1.33 bits per heavy atom. The predicted molar refractivity (Wildman–Crippen MR) is 122 cm³/mol. The van der Waals surface area contributed by atoms with Crippen molar-refractivity contribution in [2.24, 2.45) is 0 Å². The lowest BCUT2D eigenvalue weighted by atomic mass is 10.1. The van der Waals surface area contributed by atoms with Crippen LogP contribution in [-0.4, -0.2) is 38.6 Å². The Morgan fingerprint density at radius 3 is 2.77 bits per heavy atom. The number of pyridine rings is 2. The molecule has 30 heavy (non-hydrogen) atoms. The predicted octanol–water partition coefficient (Wildman–Crippen LogP) is 4.48. The summed E-state index contributed by atoms with van der Waals surface area (Å²) in [5.41, 5.74) is 3.29. The van der Waals surface area contributed by atoms with Crippen LogP contribution in [0.3, 0.4) is 0 Å². The minimum absolute atomic E-state index is 0.268. The molecule has 0 aliphatic carbocycles. The molecule has 7 nitrogen and oxygen atoms in total. The van der Waals surface area contributed by atoms with Crippen molar-refractivity contribution in [3.8, 4) is 11.1 Å². The first-order valence-corrected chi connectivity index (χ1v) is 10.4. The first kappa shape index (κ1) is 20.8. The van der Waals surface area contributed by atoms with E-state index >= 15 is 0 Å². The molecule has 9 heteroatoms. The molecule has 0 fully saturated rings. The van der Waals surface area contributed by atoms with E-state index in [2.05, 4.69) is 41.5 Å². The lowest BCUT2D eigenvalue weighted by Crippen LogP contribution is -2.31. The van der Waals surface area contributed by atoms with Crippen molar-refractivity contribution in [3.05, 3.63) is 63.2 Å². The molecule has 3 aromatic heterocycles. The lowest BCUT2D eigenvalue weighted by molar-refractivity contribution is 0.0911. The monoisotopic (exact) mass is 492 g/mol. The van der Waals surface area contributed by atoms with Crippen LogP contribution in [0, 0.1) is 6.92 Å². The molecule has 0 bridgehead atoms. The van der Waals surface area contributed by atoms with Crippen LogP contribution in [0.2, 0.25) is 5.02 Å². The largest absolute Gasteiger partial charge is 0.394 e. The zero-order valence-corrected chi connectivity index (χ0v) is 19.1. The fraction of sp³-hybridized carbons (Fsp3) is 0.286. The molecule has 4 N–H and O–H groups in total. The second-order valence-corrected chi connectivity index (χ2v) is 8.22. The summed E-state index contributed by atoms with van der Waals surface area (Å²) in [5.74, 6) is 0.131. The number of nitrogens with zero attached hydrogens (tertiary/aromatic N) is 2. The smallest absolute Gasteiger partial charge is 0.268 e. The number of aryl methyl sites for hydroxylation is 1. The highest BCUT2D eigenvalue weighted by molar-refractivity contribution is 9.10. The van der Waals surface area contributed by atoms with Crippen LogP contribution < -0.4 is 10.6 Å². The minimum atomic E-state index is -0.902. The van der Waals surface area contributed by atoms with Gasteiger partial charge >= 0.3 is 0 Å². The number of aliphatic hydroxyl groups excluding tert-OH is 1. The average Bonchev–Trinajstić information content (AvgIpc) is 3.18. The number of nitrogens with one attached hydrogen (secondary N) is 3. The summed E-state index contributed by atoms with van der Waals surface area (Å²) in [4.78, 5) is 24.1. The van der Waals surface area contributed by atoms with E-state index in [1.807, 2.05) is 13.0 Å². The highest BCUT2D eigenvalue weighted by Gasteiger charge is 2.18. The summed E-state index contributed by atoms with van der Waals surface area (Å²) < 4.78 is 8.68. The first-order valence-electron chi connectivity index (χ1n) is 9.73. The Balaban J connectivity index is 1.80. The van der Waals surface area contributed by atoms with E-state index in [9.17, 15) is 9.90 Å². The van der Waals surface area contributed by atoms with E-state index in [0.29, 0.717) is 37.8 Å². The van der Waals surface area contributed by atoms with Crippen LogP contribution >= 0.6 is 27.5 Å². The topological polar surface area (TPSA) is 103 Å². The number of carbonyl (C=O) groups is 1. The number of aromatic amines is 1. The quantitative estimate of drug-likeness (QED) is 0.363. The van der Waals surface area contributed by atoms with Crippen LogP contribution in [0.15, 0.2) is 41.4 Å². The van der Waals surface area contributed by atoms with E-state index in [1.165, 1.54) is 6.20 Å². The average molecular weight is 494 g/mol. The van der Waals surface area contributed by atoms with E-state index in [-0.39, 0.29) is 12.5 Å². The maximum Gasteiger partial charge on any atom is 0.268 e. The Labute approximate surface area is 189 Å². The van der Waals surface area contributed by atoms with Crippen molar-refractivity contribution in [1.29, 1.82) is 0 Å². The van der Waals surface area contributed by atoms with Gasteiger partial charge in [0.2, 0.25) is 0 Å². The van der Waals surface area contributed by atoms with Crippen LogP contribution in [0.1, 0.15) is 42.9 Å². The fourth-order valence-corrected chi connectivity index (χ4v) is 3.34. The van der Waals surface area contributed by atoms with Crippen LogP contribution in [0.5, 0.6) is 0 Å². The number of anilines is 1. The lowest BCUT2D eigenvalue weighted by Gasteiger charge is -2.16. The third-order valence-electron chi connectivity index (χ3n) is 4.40. The third-order valence-corrected chi connectivity index (χ3v) is 5.53. The molecular formula is C21H23BrClN5O2. The van der Waals surface area contributed by atoms with Gasteiger partial charge in [-0.1, -0.05) is 11.6 Å². The summed E-state index contributed by atoms with van der Waals surface area (Å²) in [6.07, 6.45) is 4.78. The Hall–Kier alpha value is -2.42. The van der Waals surface area contributed by atoms with E-state index in [4.69, 9.17) is 13.0 Å². The van der Waals surface area contributed by atoms with Crippen molar-refractivity contribution in [2.75, 3.05) is 11.9 Å². The summed E-state index contributed by atoms with van der Waals surface area (Å²) in [6, 6.07) is 3.76. The van der Waals surface area contributed by atoms with Crippen LogP contribution in [-0.2, 0) is 0 Å². The van der Waals surface area contributed by atoms with Crippen molar-refractivity contribution in [2.45, 2.75) is 32.8 Å². The number of carbonyl (C=O) groups excluding carboxylic acids is 1. The molecule has 0 aliphatic heterocycles. The molecule has 1 atom stereocenters. The maximum atomic E-state index is 12.8. The van der Waals surface area contributed by atoms with Gasteiger partial charge in [-0.25, -0.2) is 9.97 Å². The van der Waals surface area contributed by atoms with Gasteiger partial charge in [0.05, 0.1) is 19.0 Å². The molecule has 158 valence electrons. The Morgan fingerprint density at radius 2 is 2.10 bits per heavy atom. The summed E-state index contributed by atoms with van der Waals surface area (Å²) in [5, 5.41) is 16.0. The Kier molecular flexibility index (Phi) is 6.66. The molecule has 0 radical (unpaired) electrons. The van der Waals surface area contributed by atoms with Gasteiger partial charge in [0.15, 0.2) is 0 Å². The van der Waals surface area contributed by atoms with Gasteiger partial charge in [-0.3, -0.25) is 4.79 Å².